The molecule has 78 valence electrons. The summed E-state index contributed by atoms with van der Waals surface area (Å²) in [7, 11) is 1.27. The van der Waals surface area contributed by atoms with Gasteiger partial charge in [-0.05, 0) is 23.8 Å². The first-order valence-electron chi connectivity index (χ1n) is 4.21. The van der Waals surface area contributed by atoms with Gasteiger partial charge in [0.25, 0.3) is 0 Å². The predicted octanol–water partition coefficient (Wildman–Crippen LogP) is 1.39. The fourth-order valence-electron chi connectivity index (χ4n) is 1.04. The summed E-state index contributed by atoms with van der Waals surface area (Å²) in [6.45, 7) is 0. The number of methoxy groups -OCH3 is 1. The number of carbonyl (C=O) groups is 2. The van der Waals surface area contributed by atoms with Crippen molar-refractivity contribution in [3.05, 3.63) is 35.4 Å². The summed E-state index contributed by atoms with van der Waals surface area (Å²) in [4.78, 5) is 21.4. The standard InChI is InChI=1S/C11H10O4/c1-15-11(14)5-3-8-2-4-10(13)6-9(8)7-12/h2-7,13H,1H3. The molecule has 0 saturated carbocycles. The zero-order valence-corrected chi connectivity index (χ0v) is 8.14. The number of esters is 1. The number of aldehydes is 1. The van der Waals surface area contributed by atoms with E-state index in [4.69, 9.17) is 5.11 Å². The first-order chi connectivity index (χ1) is 7.17. The summed E-state index contributed by atoms with van der Waals surface area (Å²) in [6, 6.07) is 4.30. The van der Waals surface area contributed by atoms with E-state index in [9.17, 15) is 9.59 Å². The molecule has 0 unspecified atom stereocenters. The second kappa shape index (κ2) is 4.95. The van der Waals surface area contributed by atoms with Gasteiger partial charge in [0.1, 0.15) is 5.75 Å². The van der Waals surface area contributed by atoms with Gasteiger partial charge < -0.3 is 9.84 Å². The first kappa shape index (κ1) is 11.0. The largest absolute Gasteiger partial charge is 0.508 e. The SMILES string of the molecule is COC(=O)C=Cc1ccc(O)cc1C=O. The maximum atomic E-state index is 10.8. The van der Waals surface area contributed by atoms with Gasteiger partial charge in [-0.3, -0.25) is 4.79 Å². The molecule has 0 bridgehead atoms. The highest BCUT2D eigenvalue weighted by atomic mass is 16.5. The van der Waals surface area contributed by atoms with Crippen molar-refractivity contribution in [3.63, 3.8) is 0 Å². The van der Waals surface area contributed by atoms with Crippen LogP contribution >= 0.6 is 0 Å². The van der Waals surface area contributed by atoms with Crippen molar-refractivity contribution in [1.82, 2.24) is 0 Å². The number of benzene rings is 1. The van der Waals surface area contributed by atoms with E-state index in [1.54, 1.807) is 6.07 Å². The van der Waals surface area contributed by atoms with Crippen molar-refractivity contribution in [1.29, 1.82) is 0 Å². The van der Waals surface area contributed by atoms with Gasteiger partial charge in [0, 0.05) is 11.6 Å². The Kier molecular flexibility index (Phi) is 3.62. The number of phenolic OH excluding ortho intramolecular Hbond substituents is 1. The average molecular weight is 206 g/mol. The lowest BCUT2D eigenvalue weighted by atomic mass is 10.1. The van der Waals surface area contributed by atoms with Gasteiger partial charge in [-0.25, -0.2) is 4.79 Å². The van der Waals surface area contributed by atoms with Gasteiger partial charge >= 0.3 is 5.97 Å². The molecule has 0 radical (unpaired) electrons. The van der Waals surface area contributed by atoms with E-state index < -0.39 is 5.97 Å². The van der Waals surface area contributed by atoms with E-state index in [-0.39, 0.29) is 5.75 Å². The van der Waals surface area contributed by atoms with Gasteiger partial charge in [-0.1, -0.05) is 6.07 Å². The minimum atomic E-state index is -0.500. The van der Waals surface area contributed by atoms with E-state index in [0.717, 1.165) is 0 Å². The molecule has 0 heterocycles. The number of hydrogen-bond donors (Lipinski definition) is 1. The van der Waals surface area contributed by atoms with Crippen LogP contribution in [0.3, 0.4) is 0 Å². The fraction of sp³-hybridized carbons (Fsp3) is 0.0909. The number of rotatable bonds is 3. The van der Waals surface area contributed by atoms with Crippen LogP contribution in [-0.2, 0) is 9.53 Å². The number of carbonyl (C=O) groups excluding carboxylic acids is 2. The Morgan fingerprint density at radius 1 is 1.40 bits per heavy atom. The smallest absolute Gasteiger partial charge is 0.330 e. The molecule has 0 aliphatic rings. The van der Waals surface area contributed by atoms with E-state index in [1.165, 1.54) is 31.4 Å². The molecule has 0 fully saturated rings. The summed E-state index contributed by atoms with van der Waals surface area (Å²) < 4.78 is 4.41. The van der Waals surface area contributed by atoms with Crippen LogP contribution in [0.25, 0.3) is 6.08 Å². The summed E-state index contributed by atoms with van der Waals surface area (Å²) in [5, 5.41) is 9.12. The molecule has 1 aromatic carbocycles. The highest BCUT2D eigenvalue weighted by Crippen LogP contribution is 2.16. The molecule has 0 amide bonds. The minimum absolute atomic E-state index is 0.00678. The molecule has 0 aliphatic heterocycles. The Morgan fingerprint density at radius 2 is 2.13 bits per heavy atom. The van der Waals surface area contributed by atoms with Crippen molar-refractivity contribution < 1.29 is 19.4 Å². The van der Waals surface area contributed by atoms with Crippen molar-refractivity contribution in [2.24, 2.45) is 0 Å². The maximum absolute atomic E-state index is 10.8. The maximum Gasteiger partial charge on any atom is 0.330 e. The lowest BCUT2D eigenvalue weighted by molar-refractivity contribution is -0.134. The van der Waals surface area contributed by atoms with Gasteiger partial charge in [0.15, 0.2) is 6.29 Å². The van der Waals surface area contributed by atoms with Crippen LogP contribution < -0.4 is 0 Å². The van der Waals surface area contributed by atoms with Gasteiger partial charge in [-0.15, -0.1) is 0 Å². The lowest BCUT2D eigenvalue weighted by Gasteiger charge is -1.99. The van der Waals surface area contributed by atoms with Crippen molar-refractivity contribution >= 4 is 18.3 Å². The molecule has 1 aromatic rings. The van der Waals surface area contributed by atoms with Crippen LogP contribution in [0.5, 0.6) is 5.75 Å². The number of phenols is 1. The Bertz CT molecular complexity index is 407. The normalized spacial score (nSPS) is 10.2. The minimum Gasteiger partial charge on any atom is -0.508 e. The second-order valence-corrected chi connectivity index (χ2v) is 2.79. The summed E-state index contributed by atoms with van der Waals surface area (Å²) in [5.74, 6) is -0.493. The Morgan fingerprint density at radius 3 is 2.73 bits per heavy atom. The lowest BCUT2D eigenvalue weighted by Crippen LogP contribution is -1.94. The molecule has 1 rings (SSSR count). The van der Waals surface area contributed by atoms with E-state index in [2.05, 4.69) is 4.74 Å². The molecular weight excluding hydrogens is 196 g/mol. The molecule has 0 aliphatic carbocycles. The topological polar surface area (TPSA) is 63.6 Å². The molecular formula is C11H10O4. The van der Waals surface area contributed by atoms with E-state index in [0.29, 0.717) is 17.4 Å². The third-order valence-corrected chi connectivity index (χ3v) is 1.80. The molecule has 15 heavy (non-hydrogen) atoms. The first-order valence-corrected chi connectivity index (χ1v) is 4.21. The quantitative estimate of drug-likeness (QED) is 0.461. The molecule has 0 saturated heterocycles. The van der Waals surface area contributed by atoms with Crippen LogP contribution in [0.2, 0.25) is 0 Å². The highest BCUT2D eigenvalue weighted by Gasteiger charge is 2.00. The van der Waals surface area contributed by atoms with Gasteiger partial charge in [-0.2, -0.15) is 0 Å². The Labute approximate surface area is 86.8 Å². The molecule has 0 atom stereocenters. The number of ether oxygens (including phenoxy) is 1. The van der Waals surface area contributed by atoms with E-state index >= 15 is 0 Å². The third kappa shape index (κ3) is 2.95. The molecule has 4 heteroatoms. The van der Waals surface area contributed by atoms with Crippen LogP contribution in [0.15, 0.2) is 24.3 Å². The zero-order chi connectivity index (χ0) is 11.3. The van der Waals surface area contributed by atoms with Gasteiger partial charge in [0.2, 0.25) is 0 Å². The Hall–Kier alpha value is -2.10. The predicted molar refractivity (Wildman–Crippen MR) is 54.5 cm³/mol. The number of hydrogen-bond acceptors (Lipinski definition) is 4. The van der Waals surface area contributed by atoms with Crippen LogP contribution in [0, 0.1) is 0 Å². The Balaban J connectivity index is 2.99. The second-order valence-electron chi connectivity index (χ2n) is 2.79. The third-order valence-electron chi connectivity index (χ3n) is 1.80. The zero-order valence-electron chi connectivity index (χ0n) is 8.14. The summed E-state index contributed by atoms with van der Waals surface area (Å²) in [6.07, 6.45) is 3.27. The molecule has 0 aromatic heterocycles. The summed E-state index contributed by atoms with van der Waals surface area (Å²) in [5.41, 5.74) is 0.864. The van der Waals surface area contributed by atoms with Crippen LogP contribution in [0.1, 0.15) is 15.9 Å². The van der Waals surface area contributed by atoms with Crippen LogP contribution in [0.4, 0.5) is 0 Å². The average Bonchev–Trinajstić information content (AvgIpc) is 2.26. The van der Waals surface area contributed by atoms with Crippen LogP contribution in [-0.4, -0.2) is 24.5 Å². The highest BCUT2D eigenvalue weighted by molar-refractivity contribution is 5.90. The molecule has 1 N–H and O–H groups in total. The van der Waals surface area contributed by atoms with Crippen molar-refractivity contribution in [3.8, 4) is 5.75 Å². The van der Waals surface area contributed by atoms with Gasteiger partial charge in [0.05, 0.1) is 7.11 Å². The summed E-state index contributed by atoms with van der Waals surface area (Å²) >= 11 is 0. The fourth-order valence-corrected chi connectivity index (χ4v) is 1.04. The van der Waals surface area contributed by atoms with Crippen molar-refractivity contribution in [2.75, 3.05) is 7.11 Å². The molecule has 0 spiro atoms. The number of aromatic hydroxyl groups is 1. The monoisotopic (exact) mass is 206 g/mol. The molecule has 4 nitrogen and oxygen atoms in total. The van der Waals surface area contributed by atoms with E-state index in [1.807, 2.05) is 0 Å². The van der Waals surface area contributed by atoms with Crippen molar-refractivity contribution in [2.45, 2.75) is 0 Å².